The van der Waals surface area contributed by atoms with Gasteiger partial charge >= 0.3 is 5.97 Å². The minimum absolute atomic E-state index is 0.0945. The van der Waals surface area contributed by atoms with Crippen LogP contribution in [-0.2, 0) is 9.59 Å². The fourth-order valence-electron chi connectivity index (χ4n) is 2.13. The minimum Gasteiger partial charge on any atom is -0.477 e. The quantitative estimate of drug-likeness (QED) is 0.398. The Hall–Kier alpha value is -0.100. The van der Waals surface area contributed by atoms with Crippen LogP contribution < -0.4 is 0 Å². The zero-order valence-electron chi connectivity index (χ0n) is 11.1. The Bertz CT molecular complexity index is 691. The zero-order chi connectivity index (χ0) is 16.1. The maximum Gasteiger partial charge on any atom is 0.352 e. The van der Waals surface area contributed by atoms with Gasteiger partial charge in [0.15, 0.2) is 7.57 Å². The van der Waals surface area contributed by atoms with Crippen LogP contribution in [0.15, 0.2) is 15.6 Å². The van der Waals surface area contributed by atoms with Crippen molar-refractivity contribution < 1.29 is 14.7 Å². The second kappa shape index (κ2) is 6.08. The summed E-state index contributed by atoms with van der Waals surface area (Å²) >= 11 is 11.1. The van der Waals surface area contributed by atoms with Crippen molar-refractivity contribution in [2.24, 2.45) is 0 Å². The van der Waals surface area contributed by atoms with Crippen LogP contribution in [0.25, 0.3) is 0 Å². The molecule has 118 valence electrons. The molecule has 6 nitrogen and oxygen atoms in total. The molecule has 0 bridgehead atoms. The van der Waals surface area contributed by atoms with Gasteiger partial charge in [0, 0.05) is 11.5 Å². The molecule has 1 amide bonds. The third kappa shape index (κ3) is 2.74. The molecule has 0 aliphatic carbocycles. The number of carboxylic acid groups (broad SMARTS) is 1. The van der Waals surface area contributed by atoms with Crippen LogP contribution in [0.1, 0.15) is 5.01 Å². The first kappa shape index (κ1) is 16.7. The number of hydrogen-bond donors (Lipinski definition) is 1. The summed E-state index contributed by atoms with van der Waals surface area (Å²) in [6, 6.07) is 0. The molecular formula is C11H9Br2N3O3S3. The number of aromatic nitrogens is 2. The Morgan fingerprint density at radius 3 is 2.86 bits per heavy atom. The van der Waals surface area contributed by atoms with Crippen molar-refractivity contribution in [3.63, 3.8) is 0 Å². The molecule has 1 fully saturated rings. The molecule has 0 saturated carbocycles. The Balaban J connectivity index is 1.83. The second-order valence-electron chi connectivity index (χ2n) is 4.59. The normalized spacial score (nSPS) is 23.3. The van der Waals surface area contributed by atoms with Gasteiger partial charge in [0.25, 0.3) is 5.91 Å². The van der Waals surface area contributed by atoms with Gasteiger partial charge in [0.05, 0.1) is 0 Å². The molecule has 0 spiro atoms. The zero-order valence-corrected chi connectivity index (χ0v) is 16.7. The summed E-state index contributed by atoms with van der Waals surface area (Å²) in [6.07, 6.45) is 0. The molecule has 1 atom stereocenters. The number of thioether (sulfide) groups is 2. The molecule has 0 aromatic carbocycles. The third-order valence-electron chi connectivity index (χ3n) is 3.12. The van der Waals surface area contributed by atoms with Crippen LogP contribution >= 0.6 is 66.7 Å². The number of fused-ring (bicyclic) bond motifs is 1. The molecule has 3 heterocycles. The van der Waals surface area contributed by atoms with Gasteiger partial charge in [-0.2, -0.15) is 0 Å². The molecule has 11 heteroatoms. The molecule has 1 aromatic rings. The molecule has 22 heavy (non-hydrogen) atoms. The Morgan fingerprint density at radius 2 is 2.27 bits per heavy atom. The predicted molar refractivity (Wildman–Crippen MR) is 93.7 cm³/mol. The topological polar surface area (TPSA) is 83.4 Å². The fraction of sp³-hybridized carbons (Fsp3) is 0.455. The van der Waals surface area contributed by atoms with E-state index in [0.717, 1.165) is 14.9 Å². The van der Waals surface area contributed by atoms with E-state index in [2.05, 4.69) is 42.1 Å². The Kier molecular flexibility index (Phi) is 4.63. The summed E-state index contributed by atoms with van der Waals surface area (Å²) in [7, 11) is 0. The van der Waals surface area contributed by atoms with E-state index in [0.29, 0.717) is 11.5 Å². The average Bonchev–Trinajstić information content (AvgIpc) is 2.89. The molecule has 2 aliphatic heterocycles. The van der Waals surface area contributed by atoms with Crippen LogP contribution in [0.3, 0.4) is 0 Å². The average molecular weight is 487 g/mol. The first-order valence-electron chi connectivity index (χ1n) is 6.03. The fourth-order valence-corrected chi connectivity index (χ4v) is 6.93. The summed E-state index contributed by atoms with van der Waals surface area (Å²) in [6.45, 7) is 1.87. The van der Waals surface area contributed by atoms with Crippen LogP contribution in [-0.4, -0.2) is 52.2 Å². The highest BCUT2D eigenvalue weighted by Crippen LogP contribution is 2.54. The minimum atomic E-state index is -1.07. The maximum absolute atomic E-state index is 12.1. The molecule has 1 aromatic heterocycles. The number of alkyl halides is 2. The van der Waals surface area contributed by atoms with Crippen LogP contribution in [0.4, 0.5) is 0 Å². The van der Waals surface area contributed by atoms with Crippen molar-refractivity contribution in [2.45, 2.75) is 19.9 Å². The highest BCUT2D eigenvalue weighted by atomic mass is 79.9. The van der Waals surface area contributed by atoms with Gasteiger partial charge in [0.2, 0.25) is 0 Å². The lowest BCUT2D eigenvalue weighted by molar-refractivity contribution is -0.146. The lowest BCUT2D eigenvalue weighted by Crippen LogP contribution is -2.67. The van der Waals surface area contributed by atoms with Gasteiger partial charge in [-0.05, 0) is 12.5 Å². The number of carbonyl (C=O) groups excluding carboxylic acids is 1. The van der Waals surface area contributed by atoms with E-state index in [4.69, 9.17) is 0 Å². The van der Waals surface area contributed by atoms with Crippen LogP contribution in [0.2, 0.25) is 0 Å². The number of β-lactam (4-membered cyclic amide) rings is 1. The van der Waals surface area contributed by atoms with Crippen LogP contribution in [0.5, 0.6) is 0 Å². The van der Waals surface area contributed by atoms with Crippen molar-refractivity contribution in [2.75, 3.05) is 11.5 Å². The van der Waals surface area contributed by atoms with E-state index < -0.39 is 9.20 Å². The van der Waals surface area contributed by atoms with Crippen molar-refractivity contribution in [3.8, 4) is 0 Å². The van der Waals surface area contributed by atoms with E-state index in [-0.39, 0.29) is 17.0 Å². The summed E-state index contributed by atoms with van der Waals surface area (Å²) in [5.74, 6) is -0.300. The molecular weight excluding hydrogens is 478 g/mol. The summed E-state index contributed by atoms with van der Waals surface area (Å²) in [4.78, 5) is 25.1. The molecule has 0 radical (unpaired) electrons. The first-order chi connectivity index (χ1) is 10.3. The monoisotopic (exact) mass is 485 g/mol. The van der Waals surface area contributed by atoms with Gasteiger partial charge < -0.3 is 5.11 Å². The molecule has 1 saturated heterocycles. The van der Waals surface area contributed by atoms with Gasteiger partial charge in [0.1, 0.15) is 16.1 Å². The SMILES string of the molecule is Cc1nnc(SCC2=C(C(=O)O)N3C(=O)C(Br)(Br)[C@@H]3SC2)s1. The van der Waals surface area contributed by atoms with E-state index in [1.54, 1.807) is 0 Å². The largest absolute Gasteiger partial charge is 0.477 e. The number of carboxylic acids is 1. The standard InChI is InChI=1S/C11H9Br2N3O3S3/c1-4-14-15-10(22-4)21-3-5-2-20-9-11(12,13)8(19)16(9)6(5)7(17)18/h9H,2-3H2,1H3,(H,17,18)/t9-/m0/s1. The second-order valence-corrected chi connectivity index (χ2v) is 11.6. The lowest BCUT2D eigenvalue weighted by atomic mass is 10.1. The number of halogens is 2. The summed E-state index contributed by atoms with van der Waals surface area (Å²) < 4.78 is -0.0625. The van der Waals surface area contributed by atoms with Gasteiger partial charge in [-0.1, -0.05) is 55.0 Å². The lowest BCUT2D eigenvalue weighted by Gasteiger charge is -2.51. The molecule has 1 N–H and O–H groups in total. The van der Waals surface area contributed by atoms with E-state index >= 15 is 0 Å². The van der Waals surface area contributed by atoms with Crippen LogP contribution in [0, 0.1) is 6.92 Å². The van der Waals surface area contributed by atoms with Crippen molar-refractivity contribution >= 4 is 78.6 Å². The molecule has 3 rings (SSSR count). The highest BCUT2D eigenvalue weighted by Gasteiger charge is 2.62. The van der Waals surface area contributed by atoms with Gasteiger partial charge in [-0.15, -0.1) is 22.0 Å². The number of nitrogens with zero attached hydrogens (tertiary/aromatic N) is 3. The molecule has 0 unspecified atom stereocenters. The molecule has 2 aliphatic rings. The number of aliphatic carboxylic acids is 1. The Morgan fingerprint density at radius 1 is 1.55 bits per heavy atom. The maximum atomic E-state index is 12.1. The van der Waals surface area contributed by atoms with E-state index in [1.807, 2.05) is 6.92 Å². The van der Waals surface area contributed by atoms with E-state index in [1.165, 1.54) is 39.8 Å². The van der Waals surface area contributed by atoms with Crippen molar-refractivity contribution in [1.29, 1.82) is 0 Å². The summed E-state index contributed by atoms with van der Waals surface area (Å²) in [5.41, 5.74) is 0.826. The number of rotatable bonds is 4. The highest BCUT2D eigenvalue weighted by molar-refractivity contribution is 9.26. The van der Waals surface area contributed by atoms with Gasteiger partial charge in [-0.3, -0.25) is 9.69 Å². The smallest absolute Gasteiger partial charge is 0.352 e. The number of carbonyl (C=O) groups is 2. The van der Waals surface area contributed by atoms with Crippen molar-refractivity contribution in [3.05, 3.63) is 16.3 Å². The number of aryl methyl sites for hydroxylation is 1. The first-order valence-corrected chi connectivity index (χ1v) is 10.5. The van der Waals surface area contributed by atoms with E-state index in [9.17, 15) is 14.7 Å². The predicted octanol–water partition coefficient (Wildman–Crippen LogP) is 2.68. The number of hydrogen-bond acceptors (Lipinski definition) is 7. The van der Waals surface area contributed by atoms with Crippen molar-refractivity contribution in [1.82, 2.24) is 15.1 Å². The van der Waals surface area contributed by atoms with Gasteiger partial charge in [-0.25, -0.2) is 4.79 Å². The third-order valence-corrected chi connectivity index (χ3v) is 8.73. The summed E-state index contributed by atoms with van der Waals surface area (Å²) in [5, 5.41) is 18.1. The Labute approximate surface area is 155 Å². The number of amides is 1.